The first-order valence-electron chi connectivity index (χ1n) is 6.14. The maximum Gasteiger partial charge on any atom is 0.232 e. The fourth-order valence-corrected chi connectivity index (χ4v) is 2.04. The Labute approximate surface area is 109 Å². The van der Waals surface area contributed by atoms with Crippen molar-refractivity contribution in [1.82, 2.24) is 10.2 Å². The maximum atomic E-state index is 12.0. The Bertz CT molecular complexity index is 304. The number of likely N-dealkylation sites (N-methyl/N-ethyl adjacent to an activating group) is 1. The highest BCUT2D eigenvalue weighted by atomic mass is 32.1. The summed E-state index contributed by atoms with van der Waals surface area (Å²) in [6.07, 6.45) is 3.63. The van der Waals surface area contributed by atoms with E-state index in [2.05, 4.69) is 17.3 Å². The molecule has 98 valence electrons. The molecule has 1 unspecified atom stereocenters. The van der Waals surface area contributed by atoms with Crippen molar-refractivity contribution in [3.05, 3.63) is 0 Å². The highest BCUT2D eigenvalue weighted by Crippen LogP contribution is 2.17. The van der Waals surface area contributed by atoms with Crippen LogP contribution in [0.2, 0.25) is 0 Å². The van der Waals surface area contributed by atoms with Crippen LogP contribution in [-0.4, -0.2) is 42.0 Å². The van der Waals surface area contributed by atoms with E-state index in [0.717, 1.165) is 13.0 Å². The van der Waals surface area contributed by atoms with Crippen molar-refractivity contribution in [1.29, 1.82) is 0 Å². The maximum absolute atomic E-state index is 12.0. The van der Waals surface area contributed by atoms with Gasteiger partial charge in [-0.1, -0.05) is 18.6 Å². The molecule has 17 heavy (non-hydrogen) atoms. The van der Waals surface area contributed by atoms with Crippen LogP contribution in [0.1, 0.15) is 33.1 Å². The monoisotopic (exact) mass is 257 g/mol. The van der Waals surface area contributed by atoms with Gasteiger partial charge in [0.15, 0.2) is 0 Å². The molecule has 1 atom stereocenters. The molecule has 0 aliphatic carbocycles. The van der Waals surface area contributed by atoms with Gasteiger partial charge >= 0.3 is 0 Å². The summed E-state index contributed by atoms with van der Waals surface area (Å²) < 4.78 is 0. The van der Waals surface area contributed by atoms with Gasteiger partial charge in [-0.15, -0.1) is 0 Å². The number of hydrogen-bond acceptors (Lipinski definition) is 3. The molecule has 1 amide bonds. The quantitative estimate of drug-likeness (QED) is 0.735. The Morgan fingerprint density at radius 1 is 1.53 bits per heavy atom. The van der Waals surface area contributed by atoms with E-state index in [9.17, 15) is 4.79 Å². The van der Waals surface area contributed by atoms with Gasteiger partial charge in [-0.05, 0) is 40.3 Å². The average Bonchev–Trinajstić information content (AvgIpc) is 2.27. The molecule has 0 saturated carbocycles. The van der Waals surface area contributed by atoms with Crippen LogP contribution < -0.4 is 11.1 Å². The number of hydrogen-bond donors (Lipinski definition) is 2. The Morgan fingerprint density at radius 2 is 2.18 bits per heavy atom. The van der Waals surface area contributed by atoms with Crippen molar-refractivity contribution in [2.45, 2.75) is 39.2 Å². The minimum atomic E-state index is -0.761. The van der Waals surface area contributed by atoms with Crippen LogP contribution in [0.25, 0.3) is 0 Å². The molecule has 0 spiro atoms. The first-order valence-corrected chi connectivity index (χ1v) is 6.55. The minimum absolute atomic E-state index is 0.0797. The topological polar surface area (TPSA) is 58.4 Å². The molecule has 0 aromatic heterocycles. The van der Waals surface area contributed by atoms with E-state index in [1.165, 1.54) is 12.8 Å². The third-order valence-electron chi connectivity index (χ3n) is 3.60. The third-order valence-corrected chi connectivity index (χ3v) is 4.11. The molecule has 1 heterocycles. The molecule has 0 aromatic rings. The number of carbonyl (C=O) groups excluding carboxylic acids is 1. The average molecular weight is 257 g/mol. The second-order valence-electron chi connectivity index (χ2n) is 5.33. The smallest absolute Gasteiger partial charge is 0.232 e. The van der Waals surface area contributed by atoms with Crippen LogP contribution in [-0.2, 0) is 4.79 Å². The summed E-state index contributed by atoms with van der Waals surface area (Å²) in [5, 5.41) is 2.96. The van der Waals surface area contributed by atoms with E-state index >= 15 is 0 Å². The van der Waals surface area contributed by atoms with Crippen LogP contribution in [0.3, 0.4) is 0 Å². The predicted molar refractivity (Wildman–Crippen MR) is 73.8 cm³/mol. The number of thiocarbonyl (C=S) groups is 1. The molecule has 4 nitrogen and oxygen atoms in total. The SMILES string of the molecule is CN1CCCCC1CNC(=O)C(C)(C)C(N)=S. The van der Waals surface area contributed by atoms with E-state index < -0.39 is 5.41 Å². The van der Waals surface area contributed by atoms with Crippen molar-refractivity contribution >= 4 is 23.1 Å². The van der Waals surface area contributed by atoms with Crippen molar-refractivity contribution in [2.24, 2.45) is 11.1 Å². The zero-order valence-electron chi connectivity index (χ0n) is 11.0. The molecule has 5 heteroatoms. The van der Waals surface area contributed by atoms with Crippen molar-refractivity contribution in [3.8, 4) is 0 Å². The molecular formula is C12H23N3OS. The lowest BCUT2D eigenvalue weighted by atomic mass is 9.92. The molecule has 0 radical (unpaired) electrons. The van der Waals surface area contributed by atoms with Crippen LogP contribution in [0.4, 0.5) is 0 Å². The van der Waals surface area contributed by atoms with Crippen molar-refractivity contribution in [3.63, 3.8) is 0 Å². The number of carbonyl (C=O) groups is 1. The van der Waals surface area contributed by atoms with Crippen molar-refractivity contribution < 1.29 is 4.79 Å². The second kappa shape index (κ2) is 5.78. The lowest BCUT2D eigenvalue weighted by molar-refractivity contribution is -0.126. The summed E-state index contributed by atoms with van der Waals surface area (Å²) in [5.41, 5.74) is 4.81. The Morgan fingerprint density at radius 3 is 2.71 bits per heavy atom. The van der Waals surface area contributed by atoms with Gasteiger partial charge in [0, 0.05) is 12.6 Å². The fraction of sp³-hybridized carbons (Fsp3) is 0.833. The Kier molecular flexibility index (Phi) is 4.89. The third kappa shape index (κ3) is 3.64. The molecule has 0 bridgehead atoms. The molecule has 3 N–H and O–H groups in total. The lowest BCUT2D eigenvalue weighted by Crippen LogP contribution is -2.50. The summed E-state index contributed by atoms with van der Waals surface area (Å²) in [4.78, 5) is 14.5. The highest BCUT2D eigenvalue weighted by molar-refractivity contribution is 7.80. The van der Waals surface area contributed by atoms with Crippen LogP contribution in [0.5, 0.6) is 0 Å². The second-order valence-corrected chi connectivity index (χ2v) is 5.77. The van der Waals surface area contributed by atoms with Crippen LogP contribution >= 0.6 is 12.2 Å². The van der Waals surface area contributed by atoms with E-state index in [1.54, 1.807) is 13.8 Å². The molecule has 1 saturated heterocycles. The highest BCUT2D eigenvalue weighted by Gasteiger charge is 2.31. The van der Waals surface area contributed by atoms with E-state index in [-0.39, 0.29) is 10.9 Å². The molecular weight excluding hydrogens is 234 g/mol. The molecule has 1 fully saturated rings. The summed E-state index contributed by atoms with van der Waals surface area (Å²) in [6.45, 7) is 5.31. The zero-order chi connectivity index (χ0) is 13.1. The minimum Gasteiger partial charge on any atom is -0.392 e. The number of likely N-dealkylation sites (tertiary alicyclic amines) is 1. The first-order chi connectivity index (χ1) is 7.85. The lowest BCUT2D eigenvalue weighted by Gasteiger charge is -2.33. The van der Waals surface area contributed by atoms with Crippen LogP contribution in [0, 0.1) is 5.41 Å². The molecule has 1 aliphatic rings. The van der Waals surface area contributed by atoms with Gasteiger partial charge in [-0.3, -0.25) is 4.79 Å². The van der Waals surface area contributed by atoms with E-state index in [0.29, 0.717) is 12.6 Å². The number of nitrogens with zero attached hydrogens (tertiary/aromatic N) is 1. The van der Waals surface area contributed by atoms with Crippen LogP contribution in [0.15, 0.2) is 0 Å². The summed E-state index contributed by atoms with van der Waals surface area (Å²) in [6, 6.07) is 0.440. The summed E-state index contributed by atoms with van der Waals surface area (Å²) in [5.74, 6) is -0.0797. The Balaban J connectivity index is 2.45. The van der Waals surface area contributed by atoms with Crippen molar-refractivity contribution in [2.75, 3.05) is 20.1 Å². The van der Waals surface area contributed by atoms with Gasteiger partial charge in [-0.2, -0.15) is 0 Å². The van der Waals surface area contributed by atoms with Gasteiger partial charge < -0.3 is 16.0 Å². The number of nitrogens with two attached hydrogens (primary N) is 1. The largest absolute Gasteiger partial charge is 0.392 e. The molecule has 1 aliphatic heterocycles. The number of amides is 1. The molecule has 0 aromatic carbocycles. The predicted octanol–water partition coefficient (Wildman–Crippen LogP) is 0.899. The standard InChI is InChI=1S/C12H23N3OS/c1-12(2,10(13)17)11(16)14-8-9-6-4-5-7-15(9)3/h9H,4-8H2,1-3H3,(H2,13,17)(H,14,16). The normalized spacial score (nSPS) is 22.2. The van der Waals surface area contributed by atoms with Gasteiger partial charge in [0.05, 0.1) is 10.4 Å². The zero-order valence-corrected chi connectivity index (χ0v) is 11.8. The van der Waals surface area contributed by atoms with E-state index in [1.807, 2.05) is 0 Å². The number of rotatable bonds is 4. The molecule has 1 rings (SSSR count). The van der Waals surface area contributed by atoms with Gasteiger partial charge in [0.2, 0.25) is 5.91 Å². The van der Waals surface area contributed by atoms with Gasteiger partial charge in [-0.25, -0.2) is 0 Å². The first kappa shape index (κ1) is 14.4. The number of piperidine rings is 1. The van der Waals surface area contributed by atoms with E-state index in [4.69, 9.17) is 18.0 Å². The van der Waals surface area contributed by atoms with Gasteiger partial charge in [0.25, 0.3) is 0 Å². The van der Waals surface area contributed by atoms with Gasteiger partial charge in [0.1, 0.15) is 0 Å². The summed E-state index contributed by atoms with van der Waals surface area (Å²) in [7, 11) is 2.11. The Hall–Kier alpha value is -0.680. The summed E-state index contributed by atoms with van der Waals surface area (Å²) >= 11 is 4.91. The fourth-order valence-electron chi connectivity index (χ4n) is 1.95. The number of nitrogens with one attached hydrogen (secondary N) is 1.